The van der Waals surface area contributed by atoms with Crippen molar-refractivity contribution in [1.82, 2.24) is 9.78 Å². The first kappa shape index (κ1) is 9.30. The van der Waals surface area contributed by atoms with Crippen molar-refractivity contribution in [1.29, 1.82) is 0 Å². The molecule has 0 radical (unpaired) electrons. The third-order valence-electron chi connectivity index (χ3n) is 1.83. The van der Waals surface area contributed by atoms with Gasteiger partial charge in [0.2, 0.25) is 0 Å². The maximum atomic E-state index is 4.41. The molecule has 0 aliphatic heterocycles. The summed E-state index contributed by atoms with van der Waals surface area (Å²) in [5, 5.41) is 4.41. The van der Waals surface area contributed by atoms with Gasteiger partial charge in [0, 0.05) is 12.7 Å². The summed E-state index contributed by atoms with van der Waals surface area (Å²) in [4.78, 5) is 0. The number of hydrogen-bond acceptors (Lipinski definition) is 1. The van der Waals surface area contributed by atoms with Gasteiger partial charge in [0.25, 0.3) is 0 Å². The molecule has 0 spiro atoms. The van der Waals surface area contributed by atoms with Gasteiger partial charge in [0.05, 0.1) is 5.69 Å². The van der Waals surface area contributed by atoms with Crippen LogP contribution in [0.4, 0.5) is 0 Å². The van der Waals surface area contributed by atoms with Crippen molar-refractivity contribution in [2.45, 2.75) is 41.2 Å². The van der Waals surface area contributed by atoms with Crippen molar-refractivity contribution < 1.29 is 0 Å². The molecule has 0 atom stereocenters. The van der Waals surface area contributed by atoms with E-state index >= 15 is 0 Å². The molecule has 0 saturated carbocycles. The topological polar surface area (TPSA) is 17.8 Å². The zero-order valence-corrected chi connectivity index (χ0v) is 8.68. The molecule has 0 unspecified atom stereocenters. The summed E-state index contributed by atoms with van der Waals surface area (Å²) in [7, 11) is 0. The molecule has 1 rings (SSSR count). The first-order valence-electron chi connectivity index (χ1n) is 4.39. The van der Waals surface area contributed by atoms with Crippen LogP contribution < -0.4 is 0 Å². The zero-order valence-electron chi connectivity index (χ0n) is 8.68. The number of rotatable bonds is 1. The Balaban J connectivity index is 2.77. The van der Waals surface area contributed by atoms with Gasteiger partial charge in [-0.2, -0.15) is 5.10 Å². The van der Waals surface area contributed by atoms with Crippen molar-refractivity contribution in [3.63, 3.8) is 0 Å². The molecule has 2 nitrogen and oxygen atoms in total. The predicted octanol–water partition coefficient (Wildman–Crippen LogP) is 2.55. The second-order valence-corrected chi connectivity index (χ2v) is 4.66. The van der Waals surface area contributed by atoms with E-state index in [9.17, 15) is 0 Å². The van der Waals surface area contributed by atoms with Gasteiger partial charge in [0.1, 0.15) is 0 Å². The molecule has 1 aromatic heterocycles. The summed E-state index contributed by atoms with van der Waals surface area (Å²) in [5.74, 6) is 0. The van der Waals surface area contributed by atoms with E-state index < -0.39 is 0 Å². The lowest BCUT2D eigenvalue weighted by Crippen LogP contribution is -2.15. The average Bonchev–Trinajstić information content (AvgIpc) is 2.07. The van der Waals surface area contributed by atoms with Crippen LogP contribution in [0.15, 0.2) is 6.20 Å². The Labute approximate surface area is 74.6 Å². The van der Waals surface area contributed by atoms with Gasteiger partial charge in [-0.1, -0.05) is 20.8 Å². The smallest absolute Gasteiger partial charge is 0.0622 e. The number of nitrogens with zero attached hydrogens (tertiary/aromatic N) is 2. The molecule has 0 fully saturated rings. The zero-order chi connectivity index (χ0) is 9.35. The molecular weight excluding hydrogens is 148 g/mol. The van der Waals surface area contributed by atoms with Crippen LogP contribution in [0, 0.1) is 19.3 Å². The molecule has 0 bridgehead atoms. The lowest BCUT2D eigenvalue weighted by Gasteiger charge is -2.17. The summed E-state index contributed by atoms with van der Waals surface area (Å²) in [5.41, 5.74) is 2.73. The molecule has 0 N–H and O–H groups in total. The first-order valence-corrected chi connectivity index (χ1v) is 4.39. The summed E-state index contributed by atoms with van der Waals surface area (Å²) >= 11 is 0. The van der Waals surface area contributed by atoms with Gasteiger partial charge in [-0.05, 0) is 24.8 Å². The summed E-state index contributed by atoms with van der Waals surface area (Å²) in [6, 6.07) is 0. The molecular formula is C10H18N2. The Bertz CT molecular complexity index is 246. The number of aryl methyl sites for hydroxylation is 2. The van der Waals surface area contributed by atoms with Crippen LogP contribution in [-0.2, 0) is 6.54 Å². The fourth-order valence-electron chi connectivity index (χ4n) is 1.18. The molecule has 2 heteroatoms. The highest BCUT2D eigenvalue weighted by Crippen LogP contribution is 2.16. The van der Waals surface area contributed by atoms with Crippen molar-refractivity contribution in [3.8, 4) is 0 Å². The Hall–Kier alpha value is -0.790. The molecule has 0 aliphatic carbocycles. The van der Waals surface area contributed by atoms with Crippen LogP contribution in [-0.4, -0.2) is 9.78 Å². The van der Waals surface area contributed by atoms with Gasteiger partial charge < -0.3 is 0 Å². The van der Waals surface area contributed by atoms with Crippen molar-refractivity contribution in [2.75, 3.05) is 0 Å². The minimum atomic E-state index is 0.310. The molecule has 0 saturated heterocycles. The maximum Gasteiger partial charge on any atom is 0.0622 e. The van der Waals surface area contributed by atoms with E-state index in [0.29, 0.717) is 5.41 Å². The van der Waals surface area contributed by atoms with E-state index in [1.807, 2.05) is 4.68 Å². The predicted molar refractivity (Wildman–Crippen MR) is 51.2 cm³/mol. The van der Waals surface area contributed by atoms with Crippen LogP contribution >= 0.6 is 0 Å². The molecule has 0 aromatic carbocycles. The van der Waals surface area contributed by atoms with Crippen LogP contribution in [0.5, 0.6) is 0 Å². The van der Waals surface area contributed by atoms with Gasteiger partial charge in [-0.15, -0.1) is 0 Å². The molecule has 12 heavy (non-hydrogen) atoms. The third-order valence-corrected chi connectivity index (χ3v) is 1.83. The van der Waals surface area contributed by atoms with Gasteiger partial charge in [0.15, 0.2) is 0 Å². The standard InChI is InChI=1S/C10H18N2/c1-8-6-12(11-9(8)2)7-10(3,4)5/h6H,7H2,1-5H3. The fourth-order valence-corrected chi connectivity index (χ4v) is 1.18. The Kier molecular flexibility index (Phi) is 2.27. The summed E-state index contributed by atoms with van der Waals surface area (Å²) in [6.45, 7) is 11.8. The van der Waals surface area contributed by atoms with Crippen molar-refractivity contribution in [3.05, 3.63) is 17.5 Å². The van der Waals surface area contributed by atoms with E-state index in [2.05, 4.69) is 45.9 Å². The Morgan fingerprint density at radius 3 is 2.25 bits per heavy atom. The highest BCUT2D eigenvalue weighted by Gasteiger charge is 2.12. The number of hydrogen-bond donors (Lipinski definition) is 0. The molecule has 1 aromatic rings. The lowest BCUT2D eigenvalue weighted by atomic mass is 9.97. The van der Waals surface area contributed by atoms with E-state index in [0.717, 1.165) is 12.2 Å². The van der Waals surface area contributed by atoms with Crippen molar-refractivity contribution >= 4 is 0 Å². The molecule has 1 heterocycles. The number of aromatic nitrogens is 2. The Morgan fingerprint density at radius 2 is 1.92 bits per heavy atom. The van der Waals surface area contributed by atoms with E-state index in [1.54, 1.807) is 0 Å². The normalized spacial score (nSPS) is 12.1. The van der Waals surface area contributed by atoms with E-state index in [-0.39, 0.29) is 0 Å². The van der Waals surface area contributed by atoms with Gasteiger partial charge in [-0.3, -0.25) is 4.68 Å². The first-order chi connectivity index (χ1) is 5.38. The van der Waals surface area contributed by atoms with Crippen LogP contribution in [0.1, 0.15) is 32.0 Å². The second kappa shape index (κ2) is 2.92. The van der Waals surface area contributed by atoms with Gasteiger partial charge >= 0.3 is 0 Å². The minimum Gasteiger partial charge on any atom is -0.272 e. The van der Waals surface area contributed by atoms with Crippen LogP contribution in [0.3, 0.4) is 0 Å². The monoisotopic (exact) mass is 166 g/mol. The minimum absolute atomic E-state index is 0.310. The molecule has 0 aliphatic rings. The average molecular weight is 166 g/mol. The fraction of sp³-hybridized carbons (Fsp3) is 0.700. The SMILES string of the molecule is Cc1cn(CC(C)(C)C)nc1C. The summed E-state index contributed by atoms with van der Waals surface area (Å²) in [6.07, 6.45) is 2.11. The maximum absolute atomic E-state index is 4.41. The lowest BCUT2D eigenvalue weighted by molar-refractivity contribution is 0.324. The van der Waals surface area contributed by atoms with Crippen LogP contribution in [0.25, 0.3) is 0 Å². The van der Waals surface area contributed by atoms with Crippen molar-refractivity contribution in [2.24, 2.45) is 5.41 Å². The highest BCUT2D eigenvalue weighted by atomic mass is 15.3. The Morgan fingerprint density at radius 1 is 1.33 bits per heavy atom. The van der Waals surface area contributed by atoms with E-state index in [4.69, 9.17) is 0 Å². The van der Waals surface area contributed by atoms with Crippen LogP contribution in [0.2, 0.25) is 0 Å². The second-order valence-electron chi connectivity index (χ2n) is 4.66. The third kappa shape index (κ3) is 2.36. The quantitative estimate of drug-likeness (QED) is 0.627. The highest BCUT2D eigenvalue weighted by molar-refractivity contribution is 5.12. The van der Waals surface area contributed by atoms with Gasteiger partial charge in [-0.25, -0.2) is 0 Å². The largest absolute Gasteiger partial charge is 0.272 e. The van der Waals surface area contributed by atoms with E-state index in [1.165, 1.54) is 5.56 Å². The molecule has 68 valence electrons. The summed E-state index contributed by atoms with van der Waals surface area (Å²) < 4.78 is 2.03. The molecule has 0 amide bonds.